The first-order valence-corrected chi connectivity index (χ1v) is 10.3. The number of hydrogen-bond donors (Lipinski definition) is 1. The Morgan fingerprint density at radius 1 is 1.13 bits per heavy atom. The van der Waals surface area contributed by atoms with Gasteiger partial charge in [0, 0.05) is 12.1 Å². The summed E-state index contributed by atoms with van der Waals surface area (Å²) in [4.78, 5) is 2.89. The lowest BCUT2D eigenvalue weighted by molar-refractivity contribution is 0.199. The lowest BCUT2D eigenvalue weighted by atomic mass is 9.99. The fraction of sp³-hybridized carbons (Fsp3) is 0.667. The highest BCUT2D eigenvalue weighted by Crippen LogP contribution is 2.29. The molecule has 4 nitrogen and oxygen atoms in total. The van der Waals surface area contributed by atoms with Gasteiger partial charge in [-0.15, -0.1) is 0 Å². The zero-order valence-electron chi connectivity index (χ0n) is 14.2. The van der Waals surface area contributed by atoms with Crippen LogP contribution in [0.3, 0.4) is 0 Å². The van der Waals surface area contributed by atoms with E-state index in [1.807, 2.05) is 12.1 Å². The Bertz CT molecular complexity index is 615. The SMILES string of the molecule is CC[C@@H](C)c1ccc(S(=O)(=O)NC2CCN(C3CC3)CC2)cc1. The van der Waals surface area contributed by atoms with Gasteiger partial charge in [0.2, 0.25) is 10.0 Å². The first-order chi connectivity index (χ1) is 11.0. The second-order valence-corrected chi connectivity index (χ2v) is 8.76. The molecule has 1 atom stereocenters. The molecule has 1 aliphatic heterocycles. The fourth-order valence-corrected chi connectivity index (χ4v) is 4.63. The molecule has 0 spiro atoms. The van der Waals surface area contributed by atoms with Gasteiger partial charge in [-0.25, -0.2) is 13.1 Å². The molecule has 1 aromatic carbocycles. The monoisotopic (exact) mass is 336 g/mol. The van der Waals surface area contributed by atoms with Gasteiger partial charge in [0.25, 0.3) is 0 Å². The second kappa shape index (κ2) is 6.91. The number of nitrogens with zero attached hydrogens (tertiary/aromatic N) is 1. The largest absolute Gasteiger partial charge is 0.300 e. The van der Waals surface area contributed by atoms with Crippen LogP contribution in [-0.4, -0.2) is 38.5 Å². The molecule has 1 heterocycles. The van der Waals surface area contributed by atoms with Crippen molar-refractivity contribution in [3.63, 3.8) is 0 Å². The molecule has 1 saturated carbocycles. The van der Waals surface area contributed by atoms with E-state index in [1.165, 1.54) is 18.4 Å². The maximum atomic E-state index is 12.6. The molecular formula is C18H28N2O2S. The van der Waals surface area contributed by atoms with Crippen LogP contribution in [0.2, 0.25) is 0 Å². The maximum absolute atomic E-state index is 12.6. The minimum absolute atomic E-state index is 0.0734. The number of benzene rings is 1. The summed E-state index contributed by atoms with van der Waals surface area (Å²) in [5.74, 6) is 0.464. The number of hydrogen-bond acceptors (Lipinski definition) is 3. The molecule has 0 unspecified atom stereocenters. The standard InChI is InChI=1S/C18H28N2O2S/c1-3-14(2)15-4-8-18(9-5-15)23(21,22)19-16-10-12-20(13-11-16)17-6-7-17/h4-5,8-9,14,16-17,19H,3,6-7,10-13H2,1-2H3/t14-/m1/s1. The number of nitrogens with one attached hydrogen (secondary N) is 1. The van der Waals surface area contributed by atoms with E-state index in [4.69, 9.17) is 0 Å². The van der Waals surface area contributed by atoms with Gasteiger partial charge in [-0.1, -0.05) is 26.0 Å². The maximum Gasteiger partial charge on any atom is 0.240 e. The van der Waals surface area contributed by atoms with Gasteiger partial charge < -0.3 is 4.90 Å². The van der Waals surface area contributed by atoms with E-state index in [-0.39, 0.29) is 6.04 Å². The zero-order valence-corrected chi connectivity index (χ0v) is 15.0. The van der Waals surface area contributed by atoms with Crippen LogP contribution in [0, 0.1) is 0 Å². The molecular weight excluding hydrogens is 308 g/mol. The molecule has 3 rings (SSSR count). The molecule has 0 bridgehead atoms. The van der Waals surface area contributed by atoms with Crippen LogP contribution in [-0.2, 0) is 10.0 Å². The van der Waals surface area contributed by atoms with Crippen LogP contribution in [0.1, 0.15) is 57.4 Å². The number of piperidine rings is 1. The van der Waals surface area contributed by atoms with E-state index in [1.54, 1.807) is 12.1 Å². The van der Waals surface area contributed by atoms with Crippen molar-refractivity contribution in [2.45, 2.75) is 68.8 Å². The molecule has 1 saturated heterocycles. The topological polar surface area (TPSA) is 49.4 Å². The Morgan fingerprint density at radius 3 is 2.26 bits per heavy atom. The Balaban J connectivity index is 1.60. The summed E-state index contributed by atoms with van der Waals surface area (Å²) < 4.78 is 28.0. The number of likely N-dealkylation sites (tertiary alicyclic amines) is 1. The summed E-state index contributed by atoms with van der Waals surface area (Å²) in [6.45, 7) is 6.34. The van der Waals surface area contributed by atoms with Gasteiger partial charge in [-0.2, -0.15) is 0 Å². The highest BCUT2D eigenvalue weighted by Gasteiger charge is 2.32. The summed E-state index contributed by atoms with van der Waals surface area (Å²) in [5, 5.41) is 0. The van der Waals surface area contributed by atoms with Crippen LogP contribution in [0.15, 0.2) is 29.2 Å². The smallest absolute Gasteiger partial charge is 0.240 e. The van der Waals surface area contributed by atoms with Gasteiger partial charge in [0.1, 0.15) is 0 Å². The molecule has 0 aromatic heterocycles. The molecule has 1 aromatic rings. The highest BCUT2D eigenvalue weighted by molar-refractivity contribution is 7.89. The van der Waals surface area contributed by atoms with Gasteiger partial charge in [-0.3, -0.25) is 0 Å². The summed E-state index contributed by atoms with van der Waals surface area (Å²) >= 11 is 0. The van der Waals surface area contributed by atoms with Crippen molar-refractivity contribution in [2.24, 2.45) is 0 Å². The zero-order chi connectivity index (χ0) is 16.4. The van der Waals surface area contributed by atoms with Crippen molar-refractivity contribution >= 4 is 10.0 Å². The second-order valence-electron chi connectivity index (χ2n) is 7.04. The minimum atomic E-state index is -3.40. The molecule has 128 valence electrons. The quantitative estimate of drug-likeness (QED) is 0.868. The molecule has 1 aliphatic carbocycles. The lowest BCUT2D eigenvalue weighted by Gasteiger charge is -2.32. The average molecular weight is 337 g/mol. The van der Waals surface area contributed by atoms with Gasteiger partial charge in [0.15, 0.2) is 0 Å². The number of rotatable bonds is 6. The number of sulfonamides is 1. The van der Waals surface area contributed by atoms with Crippen LogP contribution in [0.25, 0.3) is 0 Å². The summed E-state index contributed by atoms with van der Waals surface area (Å²) in [7, 11) is -3.40. The summed E-state index contributed by atoms with van der Waals surface area (Å²) in [6.07, 6.45) is 5.53. The first-order valence-electron chi connectivity index (χ1n) is 8.86. The van der Waals surface area contributed by atoms with Crippen LogP contribution >= 0.6 is 0 Å². The normalized spacial score (nSPS) is 22.2. The Labute approximate surface area is 140 Å². The van der Waals surface area contributed by atoms with Crippen LogP contribution < -0.4 is 4.72 Å². The fourth-order valence-electron chi connectivity index (χ4n) is 3.32. The third-order valence-electron chi connectivity index (χ3n) is 5.29. The predicted octanol–water partition coefficient (Wildman–Crippen LogP) is 3.11. The minimum Gasteiger partial charge on any atom is -0.300 e. The third kappa shape index (κ3) is 4.14. The predicted molar refractivity (Wildman–Crippen MR) is 93.1 cm³/mol. The Morgan fingerprint density at radius 2 is 1.74 bits per heavy atom. The average Bonchev–Trinajstić information content (AvgIpc) is 3.39. The highest BCUT2D eigenvalue weighted by atomic mass is 32.2. The summed E-state index contributed by atoms with van der Waals surface area (Å²) in [6, 6.07) is 8.22. The van der Waals surface area contributed by atoms with Gasteiger partial charge >= 0.3 is 0 Å². The molecule has 5 heteroatoms. The third-order valence-corrected chi connectivity index (χ3v) is 6.82. The molecule has 23 heavy (non-hydrogen) atoms. The van der Waals surface area contributed by atoms with E-state index < -0.39 is 10.0 Å². The molecule has 0 radical (unpaired) electrons. The van der Waals surface area contributed by atoms with Crippen molar-refractivity contribution < 1.29 is 8.42 Å². The van der Waals surface area contributed by atoms with Gasteiger partial charge in [-0.05, 0) is 68.8 Å². The van der Waals surface area contributed by atoms with E-state index in [2.05, 4.69) is 23.5 Å². The van der Waals surface area contributed by atoms with Crippen molar-refractivity contribution in [2.75, 3.05) is 13.1 Å². The molecule has 2 fully saturated rings. The Kier molecular flexibility index (Phi) is 5.09. The van der Waals surface area contributed by atoms with E-state index in [0.29, 0.717) is 10.8 Å². The van der Waals surface area contributed by atoms with Crippen molar-refractivity contribution in [3.05, 3.63) is 29.8 Å². The Hall–Kier alpha value is -0.910. The van der Waals surface area contributed by atoms with E-state index in [9.17, 15) is 8.42 Å². The lowest BCUT2D eigenvalue weighted by Crippen LogP contribution is -2.45. The molecule has 0 amide bonds. The van der Waals surface area contributed by atoms with E-state index >= 15 is 0 Å². The van der Waals surface area contributed by atoms with Crippen molar-refractivity contribution in [3.8, 4) is 0 Å². The summed E-state index contributed by atoms with van der Waals surface area (Å²) in [5.41, 5.74) is 1.20. The van der Waals surface area contributed by atoms with Crippen LogP contribution in [0.4, 0.5) is 0 Å². The van der Waals surface area contributed by atoms with Crippen molar-refractivity contribution in [1.82, 2.24) is 9.62 Å². The van der Waals surface area contributed by atoms with Crippen molar-refractivity contribution in [1.29, 1.82) is 0 Å². The first kappa shape index (κ1) is 16.9. The molecule has 1 N–H and O–H groups in total. The van der Waals surface area contributed by atoms with E-state index in [0.717, 1.165) is 38.4 Å². The van der Waals surface area contributed by atoms with Crippen LogP contribution in [0.5, 0.6) is 0 Å². The molecule has 2 aliphatic rings. The van der Waals surface area contributed by atoms with Gasteiger partial charge in [0.05, 0.1) is 4.90 Å².